The molecule has 21 heavy (non-hydrogen) atoms. The minimum atomic E-state index is -0.0184. The molecular formula is C15H22ClN3O2. The summed E-state index contributed by atoms with van der Waals surface area (Å²) in [5, 5.41) is 3.39. The van der Waals surface area contributed by atoms with Crippen molar-refractivity contribution in [2.75, 3.05) is 43.9 Å². The minimum Gasteiger partial charge on any atom is -0.397 e. The summed E-state index contributed by atoms with van der Waals surface area (Å²) in [5.74, 6) is -0.0184. The minimum absolute atomic E-state index is 0.0184. The largest absolute Gasteiger partial charge is 0.397 e. The van der Waals surface area contributed by atoms with E-state index in [4.69, 9.17) is 22.1 Å². The molecule has 0 spiro atoms. The standard InChI is InChI=1S/C15H22ClN3O2/c16-12-4-5-14(13(17)11-12)18-15(20)3-1-6-19-7-2-9-21-10-8-19/h4-5,11H,1-3,6-10,17H2,(H,18,20). The van der Waals surface area contributed by atoms with E-state index in [0.717, 1.165) is 45.7 Å². The summed E-state index contributed by atoms with van der Waals surface area (Å²) in [6, 6.07) is 5.07. The van der Waals surface area contributed by atoms with Gasteiger partial charge in [-0.1, -0.05) is 11.6 Å². The van der Waals surface area contributed by atoms with Gasteiger partial charge in [0.05, 0.1) is 18.0 Å². The van der Waals surface area contributed by atoms with Gasteiger partial charge in [-0.25, -0.2) is 0 Å². The SMILES string of the molecule is Nc1cc(Cl)ccc1NC(=O)CCCN1CCCOCC1. The zero-order valence-corrected chi connectivity index (χ0v) is 12.9. The molecule has 1 fully saturated rings. The van der Waals surface area contributed by atoms with Gasteiger partial charge in [-0.3, -0.25) is 4.79 Å². The van der Waals surface area contributed by atoms with E-state index in [9.17, 15) is 4.79 Å². The van der Waals surface area contributed by atoms with Crippen molar-refractivity contribution in [3.63, 3.8) is 0 Å². The third-order valence-electron chi connectivity index (χ3n) is 3.48. The second-order valence-corrected chi connectivity index (χ2v) is 5.63. The lowest BCUT2D eigenvalue weighted by molar-refractivity contribution is -0.116. The molecular weight excluding hydrogens is 290 g/mol. The second-order valence-electron chi connectivity index (χ2n) is 5.19. The molecule has 2 rings (SSSR count). The number of carbonyl (C=O) groups is 1. The Morgan fingerprint density at radius 2 is 2.24 bits per heavy atom. The van der Waals surface area contributed by atoms with Crippen LogP contribution >= 0.6 is 11.6 Å². The van der Waals surface area contributed by atoms with Crippen molar-refractivity contribution in [3.8, 4) is 0 Å². The highest BCUT2D eigenvalue weighted by molar-refractivity contribution is 6.31. The summed E-state index contributed by atoms with van der Waals surface area (Å²) in [6.07, 6.45) is 2.38. The van der Waals surface area contributed by atoms with Gasteiger partial charge in [0.2, 0.25) is 5.91 Å². The van der Waals surface area contributed by atoms with E-state index in [1.807, 2.05) is 0 Å². The number of anilines is 2. The van der Waals surface area contributed by atoms with Crippen molar-refractivity contribution in [2.45, 2.75) is 19.3 Å². The number of hydrogen-bond donors (Lipinski definition) is 2. The van der Waals surface area contributed by atoms with Crippen molar-refractivity contribution in [3.05, 3.63) is 23.2 Å². The Labute approximate surface area is 130 Å². The monoisotopic (exact) mass is 311 g/mol. The number of hydrogen-bond acceptors (Lipinski definition) is 4. The van der Waals surface area contributed by atoms with Crippen molar-refractivity contribution >= 4 is 28.9 Å². The number of carbonyl (C=O) groups excluding carboxylic acids is 1. The number of halogens is 1. The number of nitrogens with zero attached hydrogens (tertiary/aromatic N) is 1. The normalized spacial score (nSPS) is 16.4. The molecule has 1 aliphatic heterocycles. The van der Waals surface area contributed by atoms with E-state index < -0.39 is 0 Å². The lowest BCUT2D eigenvalue weighted by atomic mass is 10.2. The maximum absolute atomic E-state index is 11.9. The van der Waals surface area contributed by atoms with E-state index in [0.29, 0.717) is 22.8 Å². The molecule has 0 aliphatic carbocycles. The Kier molecular flexibility index (Phi) is 6.29. The maximum atomic E-state index is 11.9. The van der Waals surface area contributed by atoms with Crippen LogP contribution in [0.15, 0.2) is 18.2 Å². The van der Waals surface area contributed by atoms with Crippen LogP contribution in [0.3, 0.4) is 0 Å². The van der Waals surface area contributed by atoms with Gasteiger partial charge in [0.15, 0.2) is 0 Å². The second kappa shape index (κ2) is 8.22. The van der Waals surface area contributed by atoms with Crippen LogP contribution in [0.25, 0.3) is 0 Å². The predicted octanol–water partition coefficient (Wildman–Crippen LogP) is 2.36. The number of nitrogens with one attached hydrogen (secondary N) is 1. The van der Waals surface area contributed by atoms with Crippen molar-refractivity contribution < 1.29 is 9.53 Å². The molecule has 1 heterocycles. The molecule has 3 N–H and O–H groups in total. The van der Waals surface area contributed by atoms with Crippen molar-refractivity contribution in [1.29, 1.82) is 0 Å². The van der Waals surface area contributed by atoms with Gasteiger partial charge in [0, 0.05) is 31.1 Å². The summed E-state index contributed by atoms with van der Waals surface area (Å²) in [7, 11) is 0. The molecule has 6 heteroatoms. The third kappa shape index (κ3) is 5.53. The highest BCUT2D eigenvalue weighted by atomic mass is 35.5. The Bertz CT molecular complexity index is 474. The molecule has 0 radical (unpaired) electrons. The highest BCUT2D eigenvalue weighted by Gasteiger charge is 2.10. The Balaban J connectivity index is 1.71. The quantitative estimate of drug-likeness (QED) is 0.819. The van der Waals surface area contributed by atoms with Gasteiger partial charge in [-0.2, -0.15) is 0 Å². The smallest absolute Gasteiger partial charge is 0.224 e. The van der Waals surface area contributed by atoms with Crippen LogP contribution in [0, 0.1) is 0 Å². The zero-order valence-electron chi connectivity index (χ0n) is 12.1. The van der Waals surface area contributed by atoms with Crippen LogP contribution in [0.4, 0.5) is 11.4 Å². The van der Waals surface area contributed by atoms with Crippen LogP contribution in [0.5, 0.6) is 0 Å². The molecule has 0 saturated carbocycles. The van der Waals surface area contributed by atoms with E-state index in [2.05, 4.69) is 10.2 Å². The van der Waals surface area contributed by atoms with E-state index >= 15 is 0 Å². The van der Waals surface area contributed by atoms with Gasteiger partial charge < -0.3 is 20.7 Å². The Hall–Kier alpha value is -1.30. The maximum Gasteiger partial charge on any atom is 0.224 e. The van der Waals surface area contributed by atoms with Gasteiger partial charge >= 0.3 is 0 Å². The van der Waals surface area contributed by atoms with E-state index in [1.54, 1.807) is 18.2 Å². The molecule has 116 valence electrons. The number of nitrogens with two attached hydrogens (primary N) is 1. The zero-order chi connectivity index (χ0) is 15.1. The van der Waals surface area contributed by atoms with Crippen molar-refractivity contribution in [2.24, 2.45) is 0 Å². The average molecular weight is 312 g/mol. The first-order valence-corrected chi connectivity index (χ1v) is 7.68. The van der Waals surface area contributed by atoms with Gasteiger partial charge in [-0.15, -0.1) is 0 Å². The molecule has 1 saturated heterocycles. The molecule has 1 aliphatic rings. The molecule has 1 aromatic carbocycles. The van der Waals surface area contributed by atoms with E-state index in [-0.39, 0.29) is 5.91 Å². The van der Waals surface area contributed by atoms with Crippen molar-refractivity contribution in [1.82, 2.24) is 4.90 Å². The molecule has 5 nitrogen and oxygen atoms in total. The van der Waals surface area contributed by atoms with Crippen LogP contribution in [-0.2, 0) is 9.53 Å². The number of rotatable bonds is 5. The highest BCUT2D eigenvalue weighted by Crippen LogP contribution is 2.22. The Morgan fingerprint density at radius 1 is 1.38 bits per heavy atom. The molecule has 0 unspecified atom stereocenters. The lowest BCUT2D eigenvalue weighted by Crippen LogP contribution is -2.28. The molecule has 1 aromatic rings. The summed E-state index contributed by atoms with van der Waals surface area (Å²) in [5.41, 5.74) is 6.92. The number of benzene rings is 1. The number of amides is 1. The first-order valence-electron chi connectivity index (χ1n) is 7.30. The third-order valence-corrected chi connectivity index (χ3v) is 3.72. The molecule has 0 aromatic heterocycles. The molecule has 1 amide bonds. The fourth-order valence-corrected chi connectivity index (χ4v) is 2.53. The lowest BCUT2D eigenvalue weighted by Gasteiger charge is -2.18. The van der Waals surface area contributed by atoms with E-state index in [1.165, 1.54) is 0 Å². The van der Waals surface area contributed by atoms with Crippen LogP contribution in [0.2, 0.25) is 5.02 Å². The predicted molar refractivity (Wildman–Crippen MR) is 85.6 cm³/mol. The summed E-state index contributed by atoms with van der Waals surface area (Å²) in [4.78, 5) is 14.3. The van der Waals surface area contributed by atoms with Crippen LogP contribution in [-0.4, -0.2) is 43.7 Å². The molecule has 0 atom stereocenters. The summed E-state index contributed by atoms with van der Waals surface area (Å²) >= 11 is 5.83. The van der Waals surface area contributed by atoms with Gasteiger partial charge in [0.1, 0.15) is 0 Å². The first kappa shape index (κ1) is 16.1. The summed E-state index contributed by atoms with van der Waals surface area (Å²) in [6.45, 7) is 4.55. The average Bonchev–Trinajstić information content (AvgIpc) is 2.71. The number of ether oxygens (including phenoxy) is 1. The van der Waals surface area contributed by atoms with Crippen LogP contribution in [0.1, 0.15) is 19.3 Å². The topological polar surface area (TPSA) is 67.6 Å². The number of nitrogen functional groups attached to an aromatic ring is 1. The fraction of sp³-hybridized carbons (Fsp3) is 0.533. The summed E-state index contributed by atoms with van der Waals surface area (Å²) < 4.78 is 5.41. The van der Waals surface area contributed by atoms with Gasteiger partial charge in [-0.05, 0) is 37.6 Å². The van der Waals surface area contributed by atoms with Crippen LogP contribution < -0.4 is 11.1 Å². The Morgan fingerprint density at radius 3 is 3.05 bits per heavy atom. The fourth-order valence-electron chi connectivity index (χ4n) is 2.34. The van der Waals surface area contributed by atoms with Gasteiger partial charge in [0.25, 0.3) is 0 Å². The first-order chi connectivity index (χ1) is 10.1. The molecule has 0 bridgehead atoms.